The predicted molar refractivity (Wildman–Crippen MR) is 274 cm³/mol. The second-order valence-electron chi connectivity index (χ2n) is 15.9. The molecule has 0 rings (SSSR count). The van der Waals surface area contributed by atoms with E-state index in [0.29, 0.717) is 12.8 Å². The van der Waals surface area contributed by atoms with E-state index >= 15 is 0 Å². The molecule has 10 heteroatoms. The van der Waals surface area contributed by atoms with Crippen molar-refractivity contribution in [1.29, 1.82) is 0 Å². The van der Waals surface area contributed by atoms with Gasteiger partial charge in [-0.25, -0.2) is 4.57 Å². The number of carbonyl (C=O) groups is 2. The average molecular weight is 924 g/mol. The van der Waals surface area contributed by atoms with Crippen LogP contribution < -0.4 is 5.73 Å². The van der Waals surface area contributed by atoms with E-state index in [4.69, 9.17) is 24.3 Å². The fourth-order valence-corrected chi connectivity index (χ4v) is 6.98. The first-order chi connectivity index (χ1) is 31.8. The van der Waals surface area contributed by atoms with Crippen molar-refractivity contribution in [2.24, 2.45) is 5.73 Å². The van der Waals surface area contributed by atoms with E-state index in [9.17, 15) is 19.0 Å². The highest BCUT2D eigenvalue weighted by Crippen LogP contribution is 2.43. The Labute approximate surface area is 396 Å². The lowest BCUT2D eigenvalue weighted by Crippen LogP contribution is -2.29. The molecule has 0 bridgehead atoms. The van der Waals surface area contributed by atoms with Crippen molar-refractivity contribution in [3.8, 4) is 0 Å². The number of unbranched alkanes of at least 4 members (excludes halogenated alkanes) is 12. The van der Waals surface area contributed by atoms with Crippen molar-refractivity contribution >= 4 is 19.8 Å². The van der Waals surface area contributed by atoms with Crippen LogP contribution in [0.25, 0.3) is 0 Å². The van der Waals surface area contributed by atoms with Gasteiger partial charge in [-0.2, -0.15) is 0 Å². The van der Waals surface area contributed by atoms with Gasteiger partial charge in [-0.05, 0) is 103 Å². The van der Waals surface area contributed by atoms with Crippen LogP contribution in [0.15, 0.2) is 122 Å². The summed E-state index contributed by atoms with van der Waals surface area (Å²) < 4.78 is 32.9. The number of ether oxygens (including phenoxy) is 2. The Kier molecular flexibility index (Phi) is 47.1. The third kappa shape index (κ3) is 49.7. The van der Waals surface area contributed by atoms with Crippen molar-refractivity contribution < 1.29 is 37.6 Å². The first kappa shape index (κ1) is 61.4. The van der Waals surface area contributed by atoms with Crippen molar-refractivity contribution in [3.05, 3.63) is 122 Å². The highest BCUT2D eigenvalue weighted by atomic mass is 31.2. The molecule has 0 aliphatic carbocycles. The number of esters is 2. The maximum atomic E-state index is 12.7. The molecule has 0 heterocycles. The van der Waals surface area contributed by atoms with Gasteiger partial charge in [0.05, 0.1) is 13.2 Å². The zero-order valence-corrected chi connectivity index (χ0v) is 41.6. The van der Waals surface area contributed by atoms with Crippen LogP contribution in [0.5, 0.6) is 0 Å². The van der Waals surface area contributed by atoms with E-state index in [1.54, 1.807) is 0 Å². The van der Waals surface area contributed by atoms with E-state index in [2.05, 4.69) is 135 Å². The standard InChI is InChI=1S/C55H90NO8P/c1-3-5-7-9-11-13-15-17-19-21-23-24-25-26-27-28-30-32-34-36-38-40-42-44-46-48-55(58)64-53(52-63-65(59,60)62-50-49-56)51-61-54(57)47-45-43-41-39-37-35-33-31-29-22-20-18-16-14-12-10-8-6-4-2/h5-8,11-14,17-20,23-24,26-27,29,31,35,37,53H,3-4,9-10,15-16,21-22,25,28,30,32-34,36,38-52,56H2,1-2H3,(H,59,60)/b7-5-,8-6-,13-11-,14-12-,19-17-,20-18-,24-23-,27-26-,31-29-,37-35-. The number of nitrogens with two attached hydrogens (primary N) is 1. The van der Waals surface area contributed by atoms with Crippen LogP contribution >= 0.6 is 7.82 Å². The summed E-state index contributed by atoms with van der Waals surface area (Å²) in [5.74, 6) is -0.884. The van der Waals surface area contributed by atoms with Crippen LogP contribution in [-0.4, -0.2) is 49.3 Å². The van der Waals surface area contributed by atoms with Crippen LogP contribution in [-0.2, 0) is 32.7 Å². The van der Waals surface area contributed by atoms with Crippen molar-refractivity contribution in [3.63, 3.8) is 0 Å². The van der Waals surface area contributed by atoms with Gasteiger partial charge in [0.25, 0.3) is 0 Å². The molecular weight excluding hydrogens is 834 g/mol. The highest BCUT2D eigenvalue weighted by molar-refractivity contribution is 7.47. The van der Waals surface area contributed by atoms with Gasteiger partial charge in [-0.3, -0.25) is 18.6 Å². The number of rotatable bonds is 45. The van der Waals surface area contributed by atoms with E-state index in [-0.39, 0.29) is 32.6 Å². The number of carbonyl (C=O) groups excluding carboxylic acids is 2. The summed E-state index contributed by atoms with van der Waals surface area (Å²) in [7, 11) is -4.40. The van der Waals surface area contributed by atoms with E-state index in [1.165, 1.54) is 32.1 Å². The molecule has 9 nitrogen and oxygen atoms in total. The zero-order valence-electron chi connectivity index (χ0n) is 40.7. The summed E-state index contributed by atoms with van der Waals surface area (Å²) in [6.45, 7) is 3.44. The number of allylic oxidation sites excluding steroid dienone is 20. The van der Waals surface area contributed by atoms with Crippen LogP contribution in [0.4, 0.5) is 0 Å². The monoisotopic (exact) mass is 924 g/mol. The second kappa shape index (κ2) is 49.8. The number of phosphoric ester groups is 1. The molecule has 0 fully saturated rings. The fourth-order valence-electron chi connectivity index (χ4n) is 6.22. The topological polar surface area (TPSA) is 134 Å². The first-order valence-corrected chi connectivity index (χ1v) is 26.5. The molecule has 3 N–H and O–H groups in total. The predicted octanol–water partition coefficient (Wildman–Crippen LogP) is 15.3. The van der Waals surface area contributed by atoms with Gasteiger partial charge in [-0.15, -0.1) is 0 Å². The fraction of sp³-hybridized carbons (Fsp3) is 0.600. The molecule has 2 atom stereocenters. The third-order valence-corrected chi connectivity index (χ3v) is 10.8. The van der Waals surface area contributed by atoms with Crippen molar-refractivity contribution in [1.82, 2.24) is 0 Å². The highest BCUT2D eigenvalue weighted by Gasteiger charge is 2.26. The molecule has 0 amide bonds. The molecular formula is C55H90NO8P. The summed E-state index contributed by atoms with van der Waals surface area (Å²) in [5.41, 5.74) is 5.36. The van der Waals surface area contributed by atoms with Gasteiger partial charge in [0.2, 0.25) is 0 Å². The zero-order chi connectivity index (χ0) is 47.4. The Balaban J connectivity index is 4.16. The Morgan fingerprint density at radius 2 is 0.800 bits per heavy atom. The van der Waals surface area contributed by atoms with E-state index in [1.807, 2.05) is 0 Å². The largest absolute Gasteiger partial charge is 0.472 e. The summed E-state index contributed by atoms with van der Waals surface area (Å²) in [4.78, 5) is 35.0. The van der Waals surface area contributed by atoms with Gasteiger partial charge in [0.1, 0.15) is 6.61 Å². The summed E-state index contributed by atoms with van der Waals surface area (Å²) in [6, 6.07) is 0. The van der Waals surface area contributed by atoms with Crippen LogP contribution in [0.2, 0.25) is 0 Å². The molecule has 0 aliphatic heterocycles. The van der Waals surface area contributed by atoms with Gasteiger partial charge in [0.15, 0.2) is 6.10 Å². The molecule has 0 aliphatic rings. The quantitative estimate of drug-likeness (QED) is 0.0265. The molecule has 2 unspecified atom stereocenters. The molecule has 0 aromatic rings. The average Bonchev–Trinajstić information content (AvgIpc) is 3.30. The van der Waals surface area contributed by atoms with Gasteiger partial charge in [0, 0.05) is 19.4 Å². The number of hydrogen-bond donors (Lipinski definition) is 2. The molecule has 368 valence electrons. The lowest BCUT2D eigenvalue weighted by atomic mass is 10.1. The third-order valence-electron chi connectivity index (χ3n) is 9.84. The van der Waals surface area contributed by atoms with Crippen LogP contribution in [0, 0.1) is 0 Å². The molecule has 0 saturated heterocycles. The van der Waals surface area contributed by atoms with Gasteiger partial charge in [-0.1, -0.05) is 187 Å². The molecule has 0 radical (unpaired) electrons. The molecule has 65 heavy (non-hydrogen) atoms. The van der Waals surface area contributed by atoms with E-state index < -0.39 is 32.5 Å². The maximum Gasteiger partial charge on any atom is 0.472 e. The number of hydrogen-bond acceptors (Lipinski definition) is 8. The first-order valence-electron chi connectivity index (χ1n) is 25.0. The minimum atomic E-state index is -4.40. The van der Waals surface area contributed by atoms with Crippen molar-refractivity contribution in [2.75, 3.05) is 26.4 Å². The molecule has 0 aromatic heterocycles. The SMILES string of the molecule is CC/C=C\C/C=C\C/C=C\C/C=C\C/C=C\CCCCCCCCCCCC(=O)OC(COC(=O)CCCCC/C=C\C/C=C\C/C=C\C/C=C\C/C=C\CC)COP(=O)(O)OCCN. The molecule has 0 aromatic carbocycles. The van der Waals surface area contributed by atoms with Gasteiger partial charge >= 0.3 is 19.8 Å². The smallest absolute Gasteiger partial charge is 0.462 e. The summed E-state index contributed by atoms with van der Waals surface area (Å²) in [6.07, 6.45) is 68.0. The molecule has 0 saturated carbocycles. The summed E-state index contributed by atoms with van der Waals surface area (Å²) in [5, 5.41) is 0. The normalized spacial score (nSPS) is 14.2. The molecule has 0 spiro atoms. The van der Waals surface area contributed by atoms with Crippen LogP contribution in [0.1, 0.15) is 181 Å². The maximum absolute atomic E-state index is 12.7. The lowest BCUT2D eigenvalue weighted by Gasteiger charge is -2.19. The summed E-state index contributed by atoms with van der Waals surface area (Å²) >= 11 is 0. The minimum Gasteiger partial charge on any atom is -0.462 e. The Morgan fingerprint density at radius 1 is 0.462 bits per heavy atom. The second-order valence-corrected chi connectivity index (χ2v) is 17.4. The van der Waals surface area contributed by atoms with Crippen molar-refractivity contribution in [2.45, 2.75) is 187 Å². The Hall–Kier alpha value is -3.59. The van der Waals surface area contributed by atoms with Crippen LogP contribution in [0.3, 0.4) is 0 Å². The minimum absolute atomic E-state index is 0.0404. The Bertz CT molecular complexity index is 1470. The number of phosphoric acid groups is 1. The Morgan fingerprint density at radius 3 is 1.20 bits per heavy atom. The van der Waals surface area contributed by atoms with Gasteiger partial charge < -0.3 is 20.1 Å². The van der Waals surface area contributed by atoms with E-state index in [0.717, 1.165) is 109 Å². The lowest BCUT2D eigenvalue weighted by molar-refractivity contribution is -0.161.